The summed E-state index contributed by atoms with van der Waals surface area (Å²) in [6, 6.07) is 3.17. The summed E-state index contributed by atoms with van der Waals surface area (Å²) in [7, 11) is 0. The van der Waals surface area contributed by atoms with Gasteiger partial charge in [-0.1, -0.05) is 18.6 Å². The van der Waals surface area contributed by atoms with Crippen LogP contribution >= 0.6 is 0 Å². The molecule has 23 heavy (non-hydrogen) atoms. The molecule has 0 aromatic heterocycles. The Balaban J connectivity index is 1.76. The highest BCUT2D eigenvalue weighted by atomic mass is 19.2. The molecule has 0 amide bonds. The number of unbranched alkanes of at least 4 members (excludes halogenated alkanes) is 1. The Morgan fingerprint density at radius 3 is 2.61 bits per heavy atom. The van der Waals surface area contributed by atoms with Crippen LogP contribution in [0.1, 0.15) is 51.9 Å². The molecule has 1 fully saturated rings. The summed E-state index contributed by atoms with van der Waals surface area (Å²) >= 11 is 0. The van der Waals surface area contributed by atoms with Crippen LogP contribution in [-0.2, 0) is 4.79 Å². The first-order valence-corrected chi connectivity index (χ1v) is 8.38. The Kier molecular flexibility index (Phi) is 6.75. The lowest BCUT2D eigenvalue weighted by Gasteiger charge is -2.27. The zero-order valence-corrected chi connectivity index (χ0v) is 13.6. The van der Waals surface area contributed by atoms with Gasteiger partial charge < -0.3 is 4.74 Å². The molecule has 4 heteroatoms. The second-order valence-electron chi connectivity index (χ2n) is 6.21. The van der Waals surface area contributed by atoms with E-state index in [1.807, 2.05) is 6.92 Å². The van der Waals surface area contributed by atoms with E-state index in [4.69, 9.17) is 4.74 Å². The smallest absolute Gasteiger partial charge is 0.314 e. The van der Waals surface area contributed by atoms with Crippen LogP contribution < -0.4 is 4.74 Å². The molecule has 0 aliphatic heterocycles. The average Bonchev–Trinajstić information content (AvgIpc) is 2.55. The molecule has 0 heterocycles. The molecule has 1 aromatic carbocycles. The molecule has 1 aromatic rings. The normalized spacial score (nSPS) is 21.5. The zero-order chi connectivity index (χ0) is 16.7. The number of halogens is 2. The number of benzene rings is 1. The highest BCUT2D eigenvalue weighted by Crippen LogP contribution is 2.33. The van der Waals surface area contributed by atoms with Gasteiger partial charge in [0.2, 0.25) is 0 Å². The van der Waals surface area contributed by atoms with Crippen molar-refractivity contribution in [1.82, 2.24) is 0 Å². The summed E-state index contributed by atoms with van der Waals surface area (Å²) in [5.74, 6) is -1.64. The van der Waals surface area contributed by atoms with Gasteiger partial charge in [-0.15, -0.1) is 0 Å². The highest BCUT2D eigenvalue weighted by Gasteiger charge is 2.27. The molecule has 0 unspecified atom stereocenters. The average molecular weight is 322 g/mol. The van der Waals surface area contributed by atoms with Gasteiger partial charge in [-0.2, -0.15) is 0 Å². The predicted molar refractivity (Wildman–Crippen MR) is 86.1 cm³/mol. The van der Waals surface area contributed by atoms with Crippen molar-refractivity contribution in [3.05, 3.63) is 42.0 Å². The highest BCUT2D eigenvalue weighted by molar-refractivity contribution is 5.75. The standard InChI is InChI=1S/C19H24F2O2/c1-2-3-4-5-6-14-7-9-15(10-8-14)19(22)23-16-11-12-17(20)18(21)13-16/h2-3,11-15H,4-10H2,1H3/b3-2-/t14-,15-. The Morgan fingerprint density at radius 2 is 1.96 bits per heavy atom. The van der Waals surface area contributed by atoms with Gasteiger partial charge in [0.1, 0.15) is 5.75 Å². The topological polar surface area (TPSA) is 26.3 Å². The van der Waals surface area contributed by atoms with E-state index < -0.39 is 11.6 Å². The van der Waals surface area contributed by atoms with Gasteiger partial charge in [-0.05, 0) is 63.5 Å². The quantitative estimate of drug-likeness (QED) is 0.302. The number of rotatable bonds is 6. The van der Waals surface area contributed by atoms with E-state index in [1.165, 1.54) is 18.9 Å². The molecular formula is C19H24F2O2. The lowest BCUT2D eigenvalue weighted by atomic mass is 9.80. The van der Waals surface area contributed by atoms with Gasteiger partial charge in [0.15, 0.2) is 11.6 Å². The summed E-state index contributed by atoms with van der Waals surface area (Å²) in [6.07, 6.45) is 11.5. The first-order valence-electron chi connectivity index (χ1n) is 8.38. The summed E-state index contributed by atoms with van der Waals surface area (Å²) in [6.45, 7) is 2.03. The molecule has 2 rings (SSSR count). The minimum Gasteiger partial charge on any atom is -0.426 e. The molecule has 126 valence electrons. The van der Waals surface area contributed by atoms with Crippen LogP contribution in [0.5, 0.6) is 5.75 Å². The largest absolute Gasteiger partial charge is 0.426 e. The van der Waals surface area contributed by atoms with Crippen LogP contribution in [0.3, 0.4) is 0 Å². The summed E-state index contributed by atoms with van der Waals surface area (Å²) in [4.78, 5) is 12.1. The molecule has 0 saturated heterocycles. The van der Waals surface area contributed by atoms with Gasteiger partial charge in [0.25, 0.3) is 0 Å². The summed E-state index contributed by atoms with van der Waals surface area (Å²) in [5.41, 5.74) is 0. The Bertz CT molecular complexity index is 546. The fourth-order valence-corrected chi connectivity index (χ4v) is 3.12. The Labute approximate surface area is 136 Å². The van der Waals surface area contributed by atoms with Gasteiger partial charge in [-0.25, -0.2) is 8.78 Å². The maximum atomic E-state index is 13.1. The second-order valence-corrected chi connectivity index (χ2v) is 6.21. The van der Waals surface area contributed by atoms with E-state index in [9.17, 15) is 13.6 Å². The number of esters is 1. The fraction of sp³-hybridized carbons (Fsp3) is 0.526. The maximum Gasteiger partial charge on any atom is 0.314 e. The van der Waals surface area contributed by atoms with E-state index >= 15 is 0 Å². The van der Waals surface area contributed by atoms with E-state index in [2.05, 4.69) is 12.2 Å². The van der Waals surface area contributed by atoms with Crippen molar-refractivity contribution in [2.45, 2.75) is 51.9 Å². The first kappa shape index (κ1) is 17.6. The number of carbonyl (C=O) groups excluding carboxylic acids is 1. The minimum atomic E-state index is -1.000. The molecule has 0 atom stereocenters. The predicted octanol–water partition coefficient (Wildman–Crippen LogP) is 5.42. The molecule has 0 N–H and O–H groups in total. The van der Waals surface area contributed by atoms with Crippen molar-refractivity contribution in [2.75, 3.05) is 0 Å². The van der Waals surface area contributed by atoms with Crippen LogP contribution in [-0.4, -0.2) is 5.97 Å². The van der Waals surface area contributed by atoms with Crippen molar-refractivity contribution in [3.63, 3.8) is 0 Å². The first-order chi connectivity index (χ1) is 11.1. The zero-order valence-electron chi connectivity index (χ0n) is 13.6. The van der Waals surface area contributed by atoms with E-state index in [-0.39, 0.29) is 17.6 Å². The van der Waals surface area contributed by atoms with Crippen LogP contribution in [0.4, 0.5) is 8.78 Å². The van der Waals surface area contributed by atoms with Crippen molar-refractivity contribution < 1.29 is 18.3 Å². The molecule has 1 aliphatic rings. The molecule has 0 spiro atoms. The lowest BCUT2D eigenvalue weighted by Crippen LogP contribution is -2.25. The maximum absolute atomic E-state index is 13.1. The van der Waals surface area contributed by atoms with E-state index in [1.54, 1.807) is 0 Å². The lowest BCUT2D eigenvalue weighted by molar-refractivity contribution is -0.140. The van der Waals surface area contributed by atoms with Crippen LogP contribution in [0.2, 0.25) is 0 Å². The summed E-state index contributed by atoms with van der Waals surface area (Å²) < 4.78 is 31.2. The minimum absolute atomic E-state index is 0.0716. The number of hydrogen-bond acceptors (Lipinski definition) is 2. The summed E-state index contributed by atoms with van der Waals surface area (Å²) in [5, 5.41) is 0. The number of hydrogen-bond donors (Lipinski definition) is 0. The van der Waals surface area contributed by atoms with Crippen molar-refractivity contribution in [3.8, 4) is 5.75 Å². The van der Waals surface area contributed by atoms with Crippen LogP contribution in [0.15, 0.2) is 30.4 Å². The van der Waals surface area contributed by atoms with Gasteiger partial charge in [0.05, 0.1) is 5.92 Å². The van der Waals surface area contributed by atoms with Gasteiger partial charge in [0, 0.05) is 6.07 Å². The van der Waals surface area contributed by atoms with Crippen LogP contribution in [0.25, 0.3) is 0 Å². The van der Waals surface area contributed by atoms with Crippen molar-refractivity contribution in [2.24, 2.45) is 11.8 Å². The van der Waals surface area contributed by atoms with E-state index in [0.29, 0.717) is 5.92 Å². The third-order valence-electron chi connectivity index (χ3n) is 4.51. The Hall–Kier alpha value is -1.71. The van der Waals surface area contributed by atoms with Crippen molar-refractivity contribution in [1.29, 1.82) is 0 Å². The number of carbonyl (C=O) groups is 1. The third-order valence-corrected chi connectivity index (χ3v) is 4.51. The Morgan fingerprint density at radius 1 is 1.22 bits per heavy atom. The third kappa shape index (κ3) is 5.45. The fourth-order valence-electron chi connectivity index (χ4n) is 3.12. The number of allylic oxidation sites excluding steroid dienone is 2. The van der Waals surface area contributed by atoms with Crippen LogP contribution in [0, 0.1) is 23.5 Å². The van der Waals surface area contributed by atoms with E-state index in [0.717, 1.165) is 44.2 Å². The molecule has 0 radical (unpaired) electrons. The molecule has 2 nitrogen and oxygen atoms in total. The molecule has 1 saturated carbocycles. The monoisotopic (exact) mass is 322 g/mol. The van der Waals surface area contributed by atoms with Crippen molar-refractivity contribution >= 4 is 5.97 Å². The number of ether oxygens (including phenoxy) is 1. The molecular weight excluding hydrogens is 298 g/mol. The van der Waals surface area contributed by atoms with Gasteiger partial charge in [-0.3, -0.25) is 4.79 Å². The molecule has 1 aliphatic carbocycles. The molecule has 0 bridgehead atoms. The SMILES string of the molecule is C/C=C\CCC[C@H]1CC[C@H](C(=O)Oc2ccc(F)c(F)c2)CC1. The second kappa shape index (κ2) is 8.80. The van der Waals surface area contributed by atoms with Gasteiger partial charge >= 0.3 is 5.97 Å².